The molecule has 7 heteroatoms. The number of carbonyl (C=O) groups excluding carboxylic acids is 2. The Morgan fingerprint density at radius 2 is 1.79 bits per heavy atom. The number of nitrogens with one attached hydrogen (secondary N) is 2. The van der Waals surface area contributed by atoms with Gasteiger partial charge >= 0.3 is 5.97 Å². The van der Waals surface area contributed by atoms with Gasteiger partial charge in [-0.1, -0.05) is 24.3 Å². The molecule has 2 N–H and O–H groups in total. The van der Waals surface area contributed by atoms with E-state index in [-0.39, 0.29) is 12.3 Å². The summed E-state index contributed by atoms with van der Waals surface area (Å²) < 4.78 is 15.4. The number of para-hydroxylation sites is 1. The van der Waals surface area contributed by atoms with E-state index in [1.165, 1.54) is 14.2 Å². The molecule has 1 aromatic heterocycles. The number of esters is 1. The molecule has 1 heterocycles. The standard InChI is InChI=1S/C21H22N2O5/c1-26-18-9-8-13(10-19(18)27-2)17(11-20(24)28-3)23-21(25)15-12-22-16-7-5-4-6-14(15)16/h4-10,12,17,22H,11H2,1-3H3,(H,23,25)/t17-/m0/s1. The summed E-state index contributed by atoms with van der Waals surface area (Å²) in [5.74, 6) is 0.349. The van der Waals surface area contributed by atoms with Crippen molar-refractivity contribution in [1.82, 2.24) is 10.3 Å². The van der Waals surface area contributed by atoms with Gasteiger partial charge in [-0.25, -0.2) is 0 Å². The number of fused-ring (bicyclic) bond motifs is 1. The lowest BCUT2D eigenvalue weighted by Gasteiger charge is -2.19. The first-order valence-corrected chi connectivity index (χ1v) is 8.73. The van der Waals surface area contributed by atoms with E-state index in [9.17, 15) is 9.59 Å². The molecule has 0 aliphatic rings. The van der Waals surface area contributed by atoms with Gasteiger partial charge < -0.3 is 24.5 Å². The minimum atomic E-state index is -0.589. The number of rotatable bonds is 7. The Morgan fingerprint density at radius 3 is 2.50 bits per heavy atom. The number of aromatic amines is 1. The van der Waals surface area contributed by atoms with Crippen LogP contribution in [0, 0.1) is 0 Å². The van der Waals surface area contributed by atoms with Crippen molar-refractivity contribution in [2.24, 2.45) is 0 Å². The summed E-state index contributed by atoms with van der Waals surface area (Å²) in [5, 5.41) is 3.74. The van der Waals surface area contributed by atoms with Crippen molar-refractivity contribution < 1.29 is 23.8 Å². The summed E-state index contributed by atoms with van der Waals surface area (Å²) in [6.07, 6.45) is 1.64. The van der Waals surface area contributed by atoms with Crippen molar-refractivity contribution >= 4 is 22.8 Å². The molecular formula is C21H22N2O5. The van der Waals surface area contributed by atoms with Gasteiger partial charge in [0.25, 0.3) is 5.91 Å². The number of H-pyrrole nitrogens is 1. The molecule has 0 bridgehead atoms. The van der Waals surface area contributed by atoms with Crippen LogP contribution >= 0.6 is 0 Å². The van der Waals surface area contributed by atoms with E-state index < -0.39 is 12.0 Å². The van der Waals surface area contributed by atoms with Gasteiger partial charge in [0.2, 0.25) is 0 Å². The van der Waals surface area contributed by atoms with Crippen LogP contribution < -0.4 is 14.8 Å². The molecule has 2 aromatic carbocycles. The van der Waals surface area contributed by atoms with Gasteiger partial charge in [-0.2, -0.15) is 0 Å². The van der Waals surface area contributed by atoms with Gasteiger partial charge in [-0.3, -0.25) is 9.59 Å². The highest BCUT2D eigenvalue weighted by Crippen LogP contribution is 2.31. The average Bonchev–Trinajstić information content (AvgIpc) is 3.16. The number of aromatic nitrogens is 1. The van der Waals surface area contributed by atoms with E-state index >= 15 is 0 Å². The van der Waals surface area contributed by atoms with E-state index in [1.807, 2.05) is 24.3 Å². The first-order chi connectivity index (χ1) is 13.6. The molecule has 1 amide bonds. The Bertz CT molecular complexity index is 995. The van der Waals surface area contributed by atoms with Crippen LogP contribution in [0.4, 0.5) is 0 Å². The van der Waals surface area contributed by atoms with Crippen LogP contribution in [-0.4, -0.2) is 38.2 Å². The first-order valence-electron chi connectivity index (χ1n) is 8.73. The van der Waals surface area contributed by atoms with Crippen molar-refractivity contribution in [3.63, 3.8) is 0 Å². The summed E-state index contributed by atoms with van der Waals surface area (Å²) in [7, 11) is 4.39. The second-order valence-electron chi connectivity index (χ2n) is 6.17. The Morgan fingerprint density at radius 1 is 1.04 bits per heavy atom. The first kappa shape index (κ1) is 19.3. The number of ether oxygens (including phenoxy) is 3. The Hall–Kier alpha value is -3.48. The summed E-state index contributed by atoms with van der Waals surface area (Å²) >= 11 is 0. The molecule has 0 aliphatic heterocycles. The summed E-state index contributed by atoms with van der Waals surface area (Å²) in [4.78, 5) is 27.9. The Kier molecular flexibility index (Phi) is 5.84. The van der Waals surface area contributed by atoms with Crippen LogP contribution in [0.25, 0.3) is 10.9 Å². The highest BCUT2D eigenvalue weighted by atomic mass is 16.5. The molecule has 3 aromatic rings. The molecular weight excluding hydrogens is 360 g/mol. The topological polar surface area (TPSA) is 89.7 Å². The fourth-order valence-corrected chi connectivity index (χ4v) is 3.07. The van der Waals surface area contributed by atoms with Crippen molar-refractivity contribution in [1.29, 1.82) is 0 Å². The second kappa shape index (κ2) is 8.47. The lowest BCUT2D eigenvalue weighted by Crippen LogP contribution is -2.30. The maximum Gasteiger partial charge on any atom is 0.307 e. The predicted molar refractivity (Wildman–Crippen MR) is 105 cm³/mol. The van der Waals surface area contributed by atoms with Crippen LogP contribution in [-0.2, 0) is 9.53 Å². The largest absolute Gasteiger partial charge is 0.493 e. The predicted octanol–water partition coefficient (Wildman–Crippen LogP) is 3.22. The lowest BCUT2D eigenvalue weighted by atomic mass is 10.0. The van der Waals surface area contributed by atoms with Crippen molar-refractivity contribution in [2.45, 2.75) is 12.5 Å². The molecule has 0 fully saturated rings. The lowest BCUT2D eigenvalue weighted by molar-refractivity contribution is -0.141. The third kappa shape index (κ3) is 3.93. The highest BCUT2D eigenvalue weighted by Gasteiger charge is 2.22. The third-order valence-electron chi connectivity index (χ3n) is 4.55. The van der Waals surface area contributed by atoms with Gasteiger partial charge in [-0.05, 0) is 23.8 Å². The van der Waals surface area contributed by atoms with Crippen LogP contribution in [0.1, 0.15) is 28.4 Å². The molecule has 28 heavy (non-hydrogen) atoms. The van der Waals surface area contributed by atoms with E-state index in [1.54, 1.807) is 31.5 Å². The van der Waals surface area contributed by atoms with Gasteiger partial charge in [0.1, 0.15) is 0 Å². The maximum atomic E-state index is 12.9. The third-order valence-corrected chi connectivity index (χ3v) is 4.55. The summed E-state index contributed by atoms with van der Waals surface area (Å²) in [5.41, 5.74) is 2.07. The summed E-state index contributed by atoms with van der Waals surface area (Å²) in [6, 6.07) is 12.2. The van der Waals surface area contributed by atoms with Crippen molar-refractivity contribution in [2.75, 3.05) is 21.3 Å². The van der Waals surface area contributed by atoms with Crippen LogP contribution in [0.3, 0.4) is 0 Å². The normalized spacial score (nSPS) is 11.7. The molecule has 0 spiro atoms. The van der Waals surface area contributed by atoms with E-state index in [2.05, 4.69) is 10.3 Å². The highest BCUT2D eigenvalue weighted by molar-refractivity contribution is 6.06. The molecule has 0 unspecified atom stereocenters. The molecule has 146 valence electrons. The number of hydrogen-bond acceptors (Lipinski definition) is 5. The van der Waals surface area contributed by atoms with E-state index in [0.717, 1.165) is 10.9 Å². The SMILES string of the molecule is COC(=O)C[C@H](NC(=O)c1c[nH]c2ccccc12)c1ccc(OC)c(OC)c1. The van der Waals surface area contributed by atoms with Crippen LogP contribution in [0.2, 0.25) is 0 Å². The average molecular weight is 382 g/mol. The van der Waals surface area contributed by atoms with Crippen LogP contribution in [0.5, 0.6) is 11.5 Å². The molecule has 1 atom stereocenters. The van der Waals surface area contributed by atoms with Gasteiger partial charge in [-0.15, -0.1) is 0 Å². The summed E-state index contributed by atoms with van der Waals surface area (Å²) in [6.45, 7) is 0. The van der Waals surface area contributed by atoms with Gasteiger partial charge in [0.15, 0.2) is 11.5 Å². The second-order valence-corrected chi connectivity index (χ2v) is 6.17. The van der Waals surface area contributed by atoms with Crippen molar-refractivity contribution in [3.05, 3.63) is 59.8 Å². The maximum absolute atomic E-state index is 12.9. The van der Waals surface area contributed by atoms with Crippen LogP contribution in [0.15, 0.2) is 48.7 Å². The van der Waals surface area contributed by atoms with E-state index in [0.29, 0.717) is 22.6 Å². The number of benzene rings is 2. The molecule has 0 saturated heterocycles. The smallest absolute Gasteiger partial charge is 0.307 e. The Labute approximate surface area is 162 Å². The van der Waals surface area contributed by atoms with Gasteiger partial charge in [0, 0.05) is 17.1 Å². The molecule has 7 nitrogen and oxygen atoms in total. The molecule has 3 rings (SSSR count). The zero-order valence-corrected chi connectivity index (χ0v) is 15.9. The zero-order valence-electron chi connectivity index (χ0n) is 15.9. The number of hydrogen-bond donors (Lipinski definition) is 2. The minimum absolute atomic E-state index is 0.0138. The number of amides is 1. The molecule has 0 aliphatic carbocycles. The van der Waals surface area contributed by atoms with Crippen molar-refractivity contribution in [3.8, 4) is 11.5 Å². The fraction of sp³-hybridized carbons (Fsp3) is 0.238. The van der Waals surface area contributed by atoms with E-state index in [4.69, 9.17) is 14.2 Å². The number of carbonyl (C=O) groups is 2. The minimum Gasteiger partial charge on any atom is -0.493 e. The molecule has 0 radical (unpaired) electrons. The Balaban J connectivity index is 1.92. The fourth-order valence-electron chi connectivity index (χ4n) is 3.07. The van der Waals surface area contributed by atoms with Gasteiger partial charge in [0.05, 0.1) is 39.4 Å². The zero-order chi connectivity index (χ0) is 20.1. The monoisotopic (exact) mass is 382 g/mol. The number of methoxy groups -OCH3 is 3. The quantitative estimate of drug-likeness (QED) is 0.613. The molecule has 0 saturated carbocycles.